The zero-order chi connectivity index (χ0) is 29.3. The van der Waals surface area contributed by atoms with Gasteiger partial charge in [0.05, 0.1) is 22.4 Å². The molecule has 0 N–H and O–H groups in total. The molecule has 1 heterocycles. The first kappa shape index (κ1) is 26.6. The Morgan fingerprint density at radius 1 is 0.738 bits per heavy atom. The fourth-order valence-electron chi connectivity index (χ4n) is 6.80. The first-order chi connectivity index (χ1) is 20.3. The van der Waals surface area contributed by atoms with E-state index in [-0.39, 0.29) is 21.2 Å². The van der Waals surface area contributed by atoms with E-state index < -0.39 is 59.5 Å². The number of rotatable bonds is 5. The molecule has 0 aromatic heterocycles. The summed E-state index contributed by atoms with van der Waals surface area (Å²) < 4.78 is 13.6. The van der Waals surface area contributed by atoms with Crippen LogP contribution in [0.4, 0.5) is 4.39 Å². The summed E-state index contributed by atoms with van der Waals surface area (Å²) in [4.78, 5) is 56.1. The molecule has 1 fully saturated rings. The minimum Gasteiger partial charge on any atom is -0.292 e. The third-order valence-electron chi connectivity index (χ3n) is 8.52. The highest BCUT2D eigenvalue weighted by Gasteiger charge is 2.63. The van der Waals surface area contributed by atoms with Crippen molar-refractivity contribution in [2.45, 2.75) is 11.8 Å². The Balaban J connectivity index is 1.34. The lowest BCUT2D eigenvalue weighted by Gasteiger charge is -2.45. The first-order valence-corrected chi connectivity index (χ1v) is 14.1. The Kier molecular flexibility index (Phi) is 6.26. The molecule has 4 aromatic rings. The number of imide groups is 1. The number of carbonyl (C=O) groups excluding carboxylic acids is 4. The van der Waals surface area contributed by atoms with Crippen LogP contribution in [0.25, 0.3) is 0 Å². The van der Waals surface area contributed by atoms with Gasteiger partial charge in [0.1, 0.15) is 12.4 Å². The van der Waals surface area contributed by atoms with Crippen molar-refractivity contribution in [3.05, 3.63) is 140 Å². The number of ketones is 1. The minimum absolute atomic E-state index is 0.00289. The van der Waals surface area contributed by atoms with Gasteiger partial charge in [0, 0.05) is 22.4 Å². The van der Waals surface area contributed by atoms with Crippen LogP contribution >= 0.6 is 23.2 Å². The molecule has 4 aliphatic rings. The summed E-state index contributed by atoms with van der Waals surface area (Å²) in [7, 11) is 0. The van der Waals surface area contributed by atoms with Crippen molar-refractivity contribution in [3.63, 3.8) is 0 Å². The monoisotopic (exact) mass is 598 g/mol. The van der Waals surface area contributed by atoms with E-state index in [9.17, 15) is 23.6 Å². The van der Waals surface area contributed by atoms with Gasteiger partial charge in [0.15, 0.2) is 5.78 Å². The van der Waals surface area contributed by atoms with Crippen LogP contribution in [0, 0.1) is 17.7 Å². The maximum absolute atomic E-state index is 14.3. The molecule has 0 unspecified atom stereocenters. The summed E-state index contributed by atoms with van der Waals surface area (Å²) in [5.41, 5.74) is 4.00. The van der Waals surface area contributed by atoms with Crippen molar-refractivity contribution in [2.24, 2.45) is 11.8 Å². The standard InChI is InChI=1S/C33H21Cl2FN2O4/c34-18-11-14-24(25(35)15-18)31(40)37(16-26(39)17-9-12-19(36)13-10-17)38-32(41)29-27-20-5-1-2-6-21(20)28(30(29)33(38)42)23-8-4-3-7-22(23)27/h1-15,27-30H,16H2/t27?,28?,29-,30+. The molecule has 6 nitrogen and oxygen atoms in total. The molecule has 3 aliphatic carbocycles. The number of hydrazine groups is 1. The summed E-state index contributed by atoms with van der Waals surface area (Å²) in [5, 5.41) is 2.00. The molecule has 3 amide bonds. The number of carbonyl (C=O) groups is 4. The Morgan fingerprint density at radius 2 is 1.24 bits per heavy atom. The SMILES string of the molecule is O=C(CN(C(=O)c1ccc(Cl)cc1Cl)N1C(=O)[C@@H]2C3c4ccccc4C(c4ccccc43)[C@@H]2C1=O)c1ccc(F)cc1. The molecule has 0 spiro atoms. The van der Waals surface area contributed by atoms with Gasteiger partial charge in [-0.3, -0.25) is 19.2 Å². The molecule has 0 radical (unpaired) electrons. The van der Waals surface area contributed by atoms with E-state index in [4.69, 9.17) is 23.2 Å². The predicted molar refractivity (Wildman–Crippen MR) is 154 cm³/mol. The summed E-state index contributed by atoms with van der Waals surface area (Å²) in [6.45, 7) is -0.643. The third kappa shape index (κ3) is 3.91. The molecule has 4 aromatic carbocycles. The van der Waals surface area contributed by atoms with Crippen LogP contribution in [0.5, 0.6) is 0 Å². The molecular weight excluding hydrogens is 578 g/mol. The second kappa shape index (κ2) is 9.89. The van der Waals surface area contributed by atoms with E-state index in [0.717, 1.165) is 44.4 Å². The zero-order valence-corrected chi connectivity index (χ0v) is 23.3. The maximum Gasteiger partial charge on any atom is 0.274 e. The van der Waals surface area contributed by atoms with Gasteiger partial charge in [0.2, 0.25) is 0 Å². The van der Waals surface area contributed by atoms with E-state index in [2.05, 4.69) is 0 Å². The summed E-state index contributed by atoms with van der Waals surface area (Å²) in [5.74, 6) is -5.35. The van der Waals surface area contributed by atoms with Gasteiger partial charge in [0.25, 0.3) is 17.7 Å². The quantitative estimate of drug-likeness (QED) is 0.200. The molecule has 8 rings (SSSR count). The van der Waals surface area contributed by atoms with E-state index in [0.29, 0.717) is 0 Å². The van der Waals surface area contributed by atoms with Gasteiger partial charge < -0.3 is 0 Å². The third-order valence-corrected chi connectivity index (χ3v) is 9.07. The van der Waals surface area contributed by atoms with Crippen molar-refractivity contribution in [1.82, 2.24) is 10.0 Å². The van der Waals surface area contributed by atoms with Crippen molar-refractivity contribution >= 4 is 46.7 Å². The average molecular weight is 599 g/mol. The number of benzene rings is 4. The summed E-state index contributed by atoms with van der Waals surface area (Å²) >= 11 is 12.4. The molecule has 1 aliphatic heterocycles. The van der Waals surface area contributed by atoms with E-state index >= 15 is 0 Å². The van der Waals surface area contributed by atoms with Crippen LogP contribution in [0.3, 0.4) is 0 Å². The van der Waals surface area contributed by atoms with Crippen LogP contribution in [-0.2, 0) is 9.59 Å². The lowest BCUT2D eigenvalue weighted by atomic mass is 9.55. The van der Waals surface area contributed by atoms with E-state index in [1.807, 2.05) is 48.5 Å². The van der Waals surface area contributed by atoms with Gasteiger partial charge in [-0.2, -0.15) is 5.01 Å². The first-order valence-electron chi connectivity index (χ1n) is 13.4. The number of hydrogen-bond acceptors (Lipinski definition) is 4. The predicted octanol–water partition coefficient (Wildman–Crippen LogP) is 6.26. The lowest BCUT2D eigenvalue weighted by molar-refractivity contribution is -0.154. The average Bonchev–Trinajstić information content (AvgIpc) is 3.25. The van der Waals surface area contributed by atoms with Crippen molar-refractivity contribution in [2.75, 3.05) is 6.54 Å². The van der Waals surface area contributed by atoms with Gasteiger partial charge in [-0.1, -0.05) is 71.7 Å². The topological polar surface area (TPSA) is 74.8 Å². The van der Waals surface area contributed by atoms with Crippen molar-refractivity contribution < 1.29 is 23.6 Å². The second-order valence-electron chi connectivity index (χ2n) is 10.7. The summed E-state index contributed by atoms with van der Waals surface area (Å²) in [6.07, 6.45) is 0. The van der Waals surface area contributed by atoms with Crippen LogP contribution in [0.2, 0.25) is 10.0 Å². The highest BCUT2D eigenvalue weighted by atomic mass is 35.5. The van der Waals surface area contributed by atoms with Gasteiger partial charge >= 0.3 is 0 Å². The number of amides is 3. The van der Waals surface area contributed by atoms with E-state index in [1.165, 1.54) is 30.3 Å². The normalized spacial score (nSPS) is 21.5. The van der Waals surface area contributed by atoms with Crippen LogP contribution in [0.1, 0.15) is 54.8 Å². The van der Waals surface area contributed by atoms with Crippen molar-refractivity contribution in [1.29, 1.82) is 0 Å². The number of Topliss-reactive ketones (excluding diaryl/α,β-unsaturated/α-hetero) is 1. The Bertz CT molecular complexity index is 1710. The smallest absolute Gasteiger partial charge is 0.274 e. The molecule has 9 heteroatoms. The Labute approximate surface area is 250 Å². The largest absolute Gasteiger partial charge is 0.292 e. The second-order valence-corrected chi connectivity index (χ2v) is 11.5. The fraction of sp³-hybridized carbons (Fsp3) is 0.152. The maximum atomic E-state index is 14.3. The molecular formula is C33H21Cl2FN2O4. The molecule has 2 bridgehead atoms. The summed E-state index contributed by atoms with van der Waals surface area (Å²) in [6, 6.07) is 24.6. The number of hydrogen-bond donors (Lipinski definition) is 0. The highest BCUT2D eigenvalue weighted by Crippen LogP contribution is 2.61. The van der Waals surface area contributed by atoms with Gasteiger partial charge in [-0.05, 0) is 64.7 Å². The van der Waals surface area contributed by atoms with Gasteiger partial charge in [-0.25, -0.2) is 9.40 Å². The minimum atomic E-state index is -0.810. The number of nitrogens with zero attached hydrogens (tertiary/aromatic N) is 2. The fourth-order valence-corrected chi connectivity index (χ4v) is 7.29. The Hall–Kier alpha value is -4.33. The Morgan fingerprint density at radius 3 is 1.71 bits per heavy atom. The van der Waals surface area contributed by atoms with Gasteiger partial charge in [-0.15, -0.1) is 0 Å². The lowest BCUT2D eigenvalue weighted by Crippen LogP contribution is -2.52. The number of halogens is 3. The molecule has 1 saturated heterocycles. The van der Waals surface area contributed by atoms with Crippen LogP contribution < -0.4 is 0 Å². The highest BCUT2D eigenvalue weighted by molar-refractivity contribution is 6.36. The van der Waals surface area contributed by atoms with Crippen LogP contribution in [-0.4, -0.2) is 40.1 Å². The molecule has 208 valence electrons. The molecule has 2 atom stereocenters. The zero-order valence-electron chi connectivity index (χ0n) is 21.8. The van der Waals surface area contributed by atoms with E-state index in [1.54, 1.807) is 0 Å². The van der Waals surface area contributed by atoms with Crippen molar-refractivity contribution in [3.8, 4) is 0 Å². The molecule has 42 heavy (non-hydrogen) atoms. The molecule has 0 saturated carbocycles. The van der Waals surface area contributed by atoms with Crippen LogP contribution in [0.15, 0.2) is 91.0 Å².